The van der Waals surface area contributed by atoms with Gasteiger partial charge in [-0.2, -0.15) is 13.2 Å². The molecule has 1 aromatic rings. The normalized spacial score (nSPS) is 10.8. The SMILES string of the molecule is NC(N)=NNC(=O)c1ncc(C(F)(F)F)nc1N. The molecule has 0 aromatic carbocycles. The van der Waals surface area contributed by atoms with Gasteiger partial charge < -0.3 is 17.2 Å². The molecule has 0 saturated carbocycles. The molecule has 0 bridgehead atoms. The van der Waals surface area contributed by atoms with Gasteiger partial charge in [0.1, 0.15) is 0 Å². The van der Waals surface area contributed by atoms with Crippen LogP contribution in [0.5, 0.6) is 0 Å². The van der Waals surface area contributed by atoms with Crippen molar-refractivity contribution in [1.29, 1.82) is 0 Å². The fourth-order valence-electron chi connectivity index (χ4n) is 0.883. The number of aromatic nitrogens is 2. The number of hydrogen-bond donors (Lipinski definition) is 4. The number of nitrogens with two attached hydrogens (primary N) is 3. The Kier molecular flexibility index (Phi) is 3.54. The Morgan fingerprint density at radius 3 is 2.44 bits per heavy atom. The molecule has 0 radical (unpaired) electrons. The summed E-state index contributed by atoms with van der Waals surface area (Å²) in [7, 11) is 0. The van der Waals surface area contributed by atoms with Gasteiger partial charge in [0, 0.05) is 0 Å². The van der Waals surface area contributed by atoms with Crippen LogP contribution in [0.4, 0.5) is 19.0 Å². The van der Waals surface area contributed by atoms with Crippen molar-refractivity contribution in [2.24, 2.45) is 16.6 Å². The second-order valence-corrected chi connectivity index (χ2v) is 2.96. The molecule has 1 amide bonds. The van der Waals surface area contributed by atoms with Crippen LogP contribution in [0, 0.1) is 0 Å². The van der Waals surface area contributed by atoms with Crippen molar-refractivity contribution in [3.63, 3.8) is 0 Å². The summed E-state index contributed by atoms with van der Waals surface area (Å²) in [4.78, 5) is 17.6. The van der Waals surface area contributed by atoms with Crippen LogP contribution in [0.15, 0.2) is 11.3 Å². The number of hydrazone groups is 1. The van der Waals surface area contributed by atoms with Gasteiger partial charge in [0.05, 0.1) is 6.20 Å². The summed E-state index contributed by atoms with van der Waals surface area (Å²) in [6, 6.07) is 0. The minimum atomic E-state index is -4.70. The fraction of sp³-hybridized carbons (Fsp3) is 0.143. The molecule has 0 spiro atoms. The molecular weight excluding hydrogens is 255 g/mol. The molecule has 0 atom stereocenters. The minimum absolute atomic E-state index is 0.376. The first kappa shape index (κ1) is 13.5. The smallest absolute Gasteiger partial charge is 0.382 e. The molecule has 8 nitrogen and oxygen atoms in total. The van der Waals surface area contributed by atoms with E-state index in [2.05, 4.69) is 15.1 Å². The van der Waals surface area contributed by atoms with Gasteiger partial charge in [-0.05, 0) is 0 Å². The van der Waals surface area contributed by atoms with Crippen LogP contribution in [0.25, 0.3) is 0 Å². The highest BCUT2D eigenvalue weighted by molar-refractivity contribution is 5.96. The van der Waals surface area contributed by atoms with Gasteiger partial charge in [-0.25, -0.2) is 15.4 Å². The van der Waals surface area contributed by atoms with E-state index in [0.29, 0.717) is 6.20 Å². The third-order valence-electron chi connectivity index (χ3n) is 1.59. The van der Waals surface area contributed by atoms with E-state index in [-0.39, 0.29) is 0 Å². The van der Waals surface area contributed by atoms with Crippen molar-refractivity contribution in [2.45, 2.75) is 6.18 Å². The highest BCUT2D eigenvalue weighted by Crippen LogP contribution is 2.27. The Bertz CT molecular complexity index is 494. The zero-order valence-electron chi connectivity index (χ0n) is 8.69. The Balaban J connectivity index is 2.99. The average Bonchev–Trinajstić information content (AvgIpc) is 2.24. The number of carbonyl (C=O) groups excluding carboxylic acids is 1. The van der Waals surface area contributed by atoms with Gasteiger partial charge in [-0.1, -0.05) is 0 Å². The maximum atomic E-state index is 12.2. The first-order chi connectivity index (χ1) is 8.21. The third-order valence-corrected chi connectivity index (χ3v) is 1.59. The van der Waals surface area contributed by atoms with Crippen molar-refractivity contribution in [3.8, 4) is 0 Å². The fourth-order valence-corrected chi connectivity index (χ4v) is 0.883. The van der Waals surface area contributed by atoms with E-state index in [0.717, 1.165) is 0 Å². The number of nitrogens with zero attached hydrogens (tertiary/aromatic N) is 3. The third kappa shape index (κ3) is 3.20. The van der Waals surface area contributed by atoms with Crippen molar-refractivity contribution in [1.82, 2.24) is 15.4 Å². The average molecular weight is 263 g/mol. The van der Waals surface area contributed by atoms with Crippen LogP contribution in [-0.2, 0) is 6.18 Å². The van der Waals surface area contributed by atoms with Crippen molar-refractivity contribution in [2.75, 3.05) is 5.73 Å². The molecule has 0 aliphatic carbocycles. The topological polar surface area (TPSA) is 145 Å². The number of nitrogens with one attached hydrogen (secondary N) is 1. The molecule has 1 aromatic heterocycles. The summed E-state index contributed by atoms with van der Waals surface area (Å²) in [5.74, 6) is -2.11. The van der Waals surface area contributed by atoms with Gasteiger partial charge >= 0.3 is 6.18 Å². The molecule has 0 aliphatic rings. The molecule has 0 fully saturated rings. The number of carbonyl (C=O) groups is 1. The standard InChI is InChI=1S/C7H8F3N7O/c8-7(9,10)2-1-14-3(4(11)15-2)5(18)16-17-6(12)13/h1H,(H2,11,15)(H,16,18)(H4,12,13,17). The Morgan fingerprint density at radius 1 is 1.39 bits per heavy atom. The summed E-state index contributed by atoms with van der Waals surface area (Å²) in [5, 5.41) is 3.14. The van der Waals surface area contributed by atoms with Gasteiger partial charge in [0.2, 0.25) is 5.96 Å². The summed E-state index contributed by atoms with van der Waals surface area (Å²) < 4.78 is 36.7. The first-order valence-electron chi connectivity index (χ1n) is 4.30. The van der Waals surface area contributed by atoms with Crippen LogP contribution in [0.1, 0.15) is 16.2 Å². The number of anilines is 1. The lowest BCUT2D eigenvalue weighted by atomic mass is 10.3. The second kappa shape index (κ2) is 4.73. The lowest BCUT2D eigenvalue weighted by Crippen LogP contribution is -2.30. The van der Waals surface area contributed by atoms with Gasteiger partial charge in [-0.3, -0.25) is 4.79 Å². The molecule has 0 saturated heterocycles. The summed E-state index contributed by atoms with van der Waals surface area (Å²) in [6.07, 6.45) is -4.32. The Labute approximate surface area is 98.1 Å². The van der Waals surface area contributed by atoms with Crippen LogP contribution < -0.4 is 22.6 Å². The van der Waals surface area contributed by atoms with E-state index in [1.165, 1.54) is 0 Å². The van der Waals surface area contributed by atoms with E-state index in [1.807, 2.05) is 5.43 Å². The van der Waals surface area contributed by atoms with E-state index >= 15 is 0 Å². The Morgan fingerprint density at radius 2 is 2.00 bits per heavy atom. The molecule has 18 heavy (non-hydrogen) atoms. The van der Waals surface area contributed by atoms with E-state index in [4.69, 9.17) is 17.2 Å². The van der Waals surface area contributed by atoms with Crippen LogP contribution >= 0.6 is 0 Å². The van der Waals surface area contributed by atoms with Crippen LogP contribution in [0.2, 0.25) is 0 Å². The van der Waals surface area contributed by atoms with Gasteiger partial charge in [-0.15, -0.1) is 5.10 Å². The summed E-state index contributed by atoms with van der Waals surface area (Å²) in [5.41, 5.74) is 15.1. The van der Waals surface area contributed by atoms with Crippen molar-refractivity contribution in [3.05, 3.63) is 17.6 Å². The number of guanidine groups is 1. The number of rotatable bonds is 2. The highest BCUT2D eigenvalue weighted by atomic mass is 19.4. The predicted molar refractivity (Wildman–Crippen MR) is 54.7 cm³/mol. The zero-order chi connectivity index (χ0) is 13.9. The highest BCUT2D eigenvalue weighted by Gasteiger charge is 2.34. The van der Waals surface area contributed by atoms with E-state index in [1.54, 1.807) is 0 Å². The molecule has 1 rings (SSSR count). The Hall–Kier alpha value is -2.59. The number of nitrogen functional groups attached to an aromatic ring is 1. The molecule has 1 heterocycles. The minimum Gasteiger partial charge on any atom is -0.382 e. The largest absolute Gasteiger partial charge is 0.434 e. The quantitative estimate of drug-likeness (QED) is 0.305. The van der Waals surface area contributed by atoms with E-state index < -0.39 is 35.2 Å². The lowest BCUT2D eigenvalue weighted by molar-refractivity contribution is -0.141. The van der Waals surface area contributed by atoms with Gasteiger partial charge in [0.25, 0.3) is 5.91 Å². The van der Waals surface area contributed by atoms with E-state index in [9.17, 15) is 18.0 Å². The molecule has 11 heteroatoms. The van der Waals surface area contributed by atoms with Crippen molar-refractivity contribution >= 4 is 17.7 Å². The molecule has 0 unspecified atom stereocenters. The predicted octanol–water partition coefficient (Wildman–Crippen LogP) is -1.00. The number of hydrogen-bond acceptors (Lipinski definition) is 5. The monoisotopic (exact) mass is 263 g/mol. The lowest BCUT2D eigenvalue weighted by Gasteiger charge is -2.07. The zero-order valence-corrected chi connectivity index (χ0v) is 8.69. The maximum Gasteiger partial charge on any atom is 0.434 e. The number of halogens is 3. The number of amides is 1. The summed E-state index contributed by atoms with van der Waals surface area (Å²) >= 11 is 0. The first-order valence-corrected chi connectivity index (χ1v) is 4.30. The van der Waals surface area contributed by atoms with Crippen molar-refractivity contribution < 1.29 is 18.0 Å². The molecular formula is C7H8F3N7O. The maximum absolute atomic E-state index is 12.2. The van der Waals surface area contributed by atoms with Crippen LogP contribution in [-0.4, -0.2) is 21.8 Å². The van der Waals surface area contributed by atoms with Crippen LogP contribution in [0.3, 0.4) is 0 Å². The molecule has 98 valence electrons. The van der Waals surface area contributed by atoms with Gasteiger partial charge in [0.15, 0.2) is 17.2 Å². The summed E-state index contributed by atoms with van der Waals surface area (Å²) in [6.45, 7) is 0. The number of alkyl halides is 3. The molecule has 7 N–H and O–H groups in total. The second-order valence-electron chi connectivity index (χ2n) is 2.96. The molecule has 0 aliphatic heterocycles.